The third kappa shape index (κ3) is 5.19. The van der Waals surface area contributed by atoms with Crippen LogP contribution in [0, 0.1) is 5.92 Å². The zero-order valence-electron chi connectivity index (χ0n) is 14.0. The number of aromatic nitrogens is 1. The maximum atomic E-state index is 12.4. The Labute approximate surface area is 142 Å². The Hall–Kier alpha value is -2.69. The summed E-state index contributed by atoms with van der Waals surface area (Å²) in [5, 5.41) is 5.69. The summed E-state index contributed by atoms with van der Waals surface area (Å²) in [6, 6.07) is 14.0. The molecule has 1 aromatic heterocycles. The summed E-state index contributed by atoms with van der Waals surface area (Å²) < 4.78 is 0. The van der Waals surface area contributed by atoms with Gasteiger partial charge in [-0.05, 0) is 30.2 Å². The molecule has 1 atom stereocenters. The monoisotopic (exact) mass is 325 g/mol. The molecule has 0 aliphatic heterocycles. The average Bonchev–Trinajstić information content (AvgIpc) is 2.60. The molecule has 2 amide bonds. The molecule has 2 N–H and O–H groups in total. The Kier molecular flexibility index (Phi) is 6.49. The Morgan fingerprint density at radius 2 is 1.75 bits per heavy atom. The molecular weight excluding hydrogens is 302 g/mol. The summed E-state index contributed by atoms with van der Waals surface area (Å²) in [4.78, 5) is 28.9. The Morgan fingerprint density at radius 3 is 2.38 bits per heavy atom. The lowest BCUT2D eigenvalue weighted by atomic mass is 10.0. The summed E-state index contributed by atoms with van der Waals surface area (Å²) in [7, 11) is 0. The summed E-state index contributed by atoms with van der Waals surface area (Å²) in [6.07, 6.45) is 2.39. The van der Waals surface area contributed by atoms with Gasteiger partial charge in [-0.3, -0.25) is 14.6 Å². The van der Waals surface area contributed by atoms with Crippen LogP contribution in [0.4, 0.5) is 0 Å². The highest BCUT2D eigenvalue weighted by molar-refractivity contribution is 5.97. The standard InChI is InChI=1S/C19H23N3O2/c1-14(2)17(22-18(23)15-8-4-3-5-9-15)19(24)21-13-11-16-10-6-7-12-20-16/h3-10,12,14,17H,11,13H2,1-2H3,(H,21,24)(H,22,23). The number of carbonyl (C=O) groups excluding carboxylic acids is 2. The largest absolute Gasteiger partial charge is 0.354 e. The first kappa shape index (κ1) is 17.7. The second-order valence-electron chi connectivity index (χ2n) is 5.92. The third-order valence-corrected chi connectivity index (χ3v) is 3.68. The van der Waals surface area contributed by atoms with Crippen molar-refractivity contribution in [2.45, 2.75) is 26.3 Å². The fourth-order valence-corrected chi connectivity index (χ4v) is 2.32. The van der Waals surface area contributed by atoms with Gasteiger partial charge in [-0.2, -0.15) is 0 Å². The van der Waals surface area contributed by atoms with Crippen LogP contribution in [0.2, 0.25) is 0 Å². The zero-order chi connectivity index (χ0) is 17.4. The summed E-state index contributed by atoms with van der Waals surface area (Å²) >= 11 is 0. The van der Waals surface area contributed by atoms with E-state index in [4.69, 9.17) is 0 Å². The Balaban J connectivity index is 1.89. The predicted octanol–water partition coefficient (Wildman–Crippen LogP) is 2.19. The molecule has 5 nitrogen and oxygen atoms in total. The fraction of sp³-hybridized carbons (Fsp3) is 0.316. The lowest BCUT2D eigenvalue weighted by Crippen LogP contribution is -2.50. The van der Waals surface area contributed by atoms with Crippen molar-refractivity contribution in [1.29, 1.82) is 0 Å². The minimum Gasteiger partial charge on any atom is -0.354 e. The number of carbonyl (C=O) groups is 2. The van der Waals surface area contributed by atoms with Gasteiger partial charge in [0.15, 0.2) is 0 Å². The van der Waals surface area contributed by atoms with Crippen LogP contribution in [-0.2, 0) is 11.2 Å². The van der Waals surface area contributed by atoms with Crippen LogP contribution in [0.15, 0.2) is 54.7 Å². The van der Waals surface area contributed by atoms with Crippen molar-refractivity contribution in [1.82, 2.24) is 15.6 Å². The maximum Gasteiger partial charge on any atom is 0.251 e. The van der Waals surface area contributed by atoms with Crippen molar-refractivity contribution in [2.75, 3.05) is 6.54 Å². The first-order valence-electron chi connectivity index (χ1n) is 8.11. The number of nitrogens with one attached hydrogen (secondary N) is 2. The van der Waals surface area contributed by atoms with Crippen molar-refractivity contribution in [3.8, 4) is 0 Å². The van der Waals surface area contributed by atoms with Crippen molar-refractivity contribution in [3.63, 3.8) is 0 Å². The molecule has 2 rings (SSSR count). The van der Waals surface area contributed by atoms with Crippen LogP contribution >= 0.6 is 0 Å². The quantitative estimate of drug-likeness (QED) is 0.820. The molecule has 0 aliphatic rings. The molecule has 1 aromatic carbocycles. The van der Waals surface area contributed by atoms with Gasteiger partial charge in [0.2, 0.25) is 5.91 Å². The minimum absolute atomic E-state index is 0.00693. The highest BCUT2D eigenvalue weighted by Gasteiger charge is 2.24. The van der Waals surface area contributed by atoms with Crippen LogP contribution < -0.4 is 10.6 Å². The van der Waals surface area contributed by atoms with E-state index in [0.717, 1.165) is 5.69 Å². The molecule has 1 unspecified atom stereocenters. The van der Waals surface area contributed by atoms with E-state index in [9.17, 15) is 9.59 Å². The van der Waals surface area contributed by atoms with Crippen molar-refractivity contribution >= 4 is 11.8 Å². The molecule has 0 spiro atoms. The molecule has 1 heterocycles. The lowest BCUT2D eigenvalue weighted by Gasteiger charge is -2.21. The van der Waals surface area contributed by atoms with Gasteiger partial charge >= 0.3 is 0 Å². The summed E-state index contributed by atoms with van der Waals surface area (Å²) in [5.74, 6) is -0.424. The second-order valence-corrected chi connectivity index (χ2v) is 5.92. The van der Waals surface area contributed by atoms with Gasteiger partial charge in [-0.25, -0.2) is 0 Å². The predicted molar refractivity (Wildman–Crippen MR) is 93.5 cm³/mol. The molecule has 24 heavy (non-hydrogen) atoms. The van der Waals surface area contributed by atoms with Gasteiger partial charge in [-0.1, -0.05) is 38.1 Å². The molecule has 0 fully saturated rings. The van der Waals surface area contributed by atoms with Crippen LogP contribution in [0.3, 0.4) is 0 Å². The van der Waals surface area contributed by atoms with E-state index in [1.54, 1.807) is 30.5 Å². The van der Waals surface area contributed by atoms with Crippen molar-refractivity contribution in [3.05, 3.63) is 66.0 Å². The molecule has 5 heteroatoms. The first-order chi connectivity index (χ1) is 11.6. The van der Waals surface area contributed by atoms with E-state index in [1.807, 2.05) is 38.1 Å². The minimum atomic E-state index is -0.568. The highest BCUT2D eigenvalue weighted by atomic mass is 16.2. The molecular formula is C19H23N3O2. The number of nitrogens with zero attached hydrogens (tertiary/aromatic N) is 1. The van der Waals surface area contributed by atoms with Gasteiger partial charge in [0.05, 0.1) is 0 Å². The molecule has 2 aromatic rings. The maximum absolute atomic E-state index is 12.4. The summed E-state index contributed by atoms with van der Waals surface area (Å²) in [5.41, 5.74) is 1.47. The topological polar surface area (TPSA) is 71.1 Å². The highest BCUT2D eigenvalue weighted by Crippen LogP contribution is 2.05. The van der Waals surface area contributed by atoms with Crippen LogP contribution in [0.25, 0.3) is 0 Å². The average molecular weight is 325 g/mol. The molecule has 0 aliphatic carbocycles. The second kappa shape index (κ2) is 8.82. The van der Waals surface area contributed by atoms with E-state index in [0.29, 0.717) is 18.5 Å². The number of hydrogen-bond donors (Lipinski definition) is 2. The molecule has 0 saturated heterocycles. The molecule has 126 valence electrons. The van der Waals surface area contributed by atoms with Gasteiger partial charge in [0, 0.05) is 30.4 Å². The van der Waals surface area contributed by atoms with E-state index in [-0.39, 0.29) is 17.7 Å². The number of amides is 2. The molecule has 0 bridgehead atoms. The van der Waals surface area contributed by atoms with E-state index in [1.165, 1.54) is 0 Å². The summed E-state index contributed by atoms with van der Waals surface area (Å²) in [6.45, 7) is 4.31. The first-order valence-corrected chi connectivity index (χ1v) is 8.11. The molecule has 0 radical (unpaired) electrons. The fourth-order valence-electron chi connectivity index (χ4n) is 2.32. The lowest BCUT2D eigenvalue weighted by molar-refractivity contribution is -0.123. The number of hydrogen-bond acceptors (Lipinski definition) is 3. The van der Waals surface area contributed by atoms with Crippen molar-refractivity contribution in [2.24, 2.45) is 5.92 Å². The van der Waals surface area contributed by atoms with Gasteiger partial charge in [0.1, 0.15) is 6.04 Å². The van der Waals surface area contributed by atoms with E-state index in [2.05, 4.69) is 15.6 Å². The van der Waals surface area contributed by atoms with E-state index >= 15 is 0 Å². The Morgan fingerprint density at radius 1 is 1.04 bits per heavy atom. The van der Waals surface area contributed by atoms with E-state index < -0.39 is 6.04 Å². The van der Waals surface area contributed by atoms with Gasteiger partial charge in [0.25, 0.3) is 5.91 Å². The van der Waals surface area contributed by atoms with Crippen LogP contribution in [-0.4, -0.2) is 29.4 Å². The zero-order valence-corrected chi connectivity index (χ0v) is 14.0. The van der Waals surface area contributed by atoms with Gasteiger partial charge < -0.3 is 10.6 Å². The number of benzene rings is 1. The van der Waals surface area contributed by atoms with Crippen molar-refractivity contribution < 1.29 is 9.59 Å². The number of pyridine rings is 1. The number of rotatable bonds is 7. The van der Waals surface area contributed by atoms with Crippen LogP contribution in [0.1, 0.15) is 29.9 Å². The molecule has 0 saturated carbocycles. The SMILES string of the molecule is CC(C)C(NC(=O)c1ccccc1)C(=O)NCCc1ccccn1. The van der Waals surface area contributed by atoms with Crippen LogP contribution in [0.5, 0.6) is 0 Å². The Bertz CT molecular complexity index is 657. The smallest absolute Gasteiger partial charge is 0.251 e. The normalized spacial score (nSPS) is 11.8. The third-order valence-electron chi connectivity index (χ3n) is 3.68. The van der Waals surface area contributed by atoms with Gasteiger partial charge in [-0.15, -0.1) is 0 Å².